The number of benzene rings is 1. The van der Waals surface area contributed by atoms with Crippen molar-refractivity contribution in [2.45, 2.75) is 33.7 Å². The molecule has 1 aromatic carbocycles. The van der Waals surface area contributed by atoms with Gasteiger partial charge in [-0.2, -0.15) is 19.6 Å². The van der Waals surface area contributed by atoms with Crippen molar-refractivity contribution < 1.29 is 8.78 Å². The maximum Gasteiger partial charge on any atom is 0.255 e. The Balaban J connectivity index is 2.19. The van der Waals surface area contributed by atoms with Crippen LogP contribution in [0.2, 0.25) is 5.15 Å². The lowest BCUT2D eigenvalue weighted by Crippen LogP contribution is -2.32. The Kier molecular flexibility index (Phi) is 6.48. The Morgan fingerprint density at radius 1 is 1.19 bits per heavy atom. The lowest BCUT2D eigenvalue weighted by atomic mass is 9.88. The molecule has 0 saturated carbocycles. The number of rotatable bonds is 4. The van der Waals surface area contributed by atoms with Gasteiger partial charge in [0, 0.05) is 11.6 Å². The Morgan fingerprint density at radius 2 is 1.84 bits per heavy atom. The minimum Gasteiger partial charge on any atom is -0.366 e. The van der Waals surface area contributed by atoms with Crippen LogP contribution in [-0.2, 0) is 0 Å². The number of fused-ring (bicyclic) bond motifs is 1. The number of nitrogens with zero attached hydrogens (tertiary/aromatic N) is 5. The van der Waals surface area contributed by atoms with Gasteiger partial charge in [-0.25, -0.2) is 8.78 Å². The molecule has 0 aliphatic carbocycles. The molecule has 3 rings (SSSR count). The van der Waals surface area contributed by atoms with Gasteiger partial charge >= 0.3 is 0 Å². The van der Waals surface area contributed by atoms with Gasteiger partial charge in [0.1, 0.15) is 28.9 Å². The van der Waals surface area contributed by atoms with Gasteiger partial charge < -0.3 is 5.32 Å². The van der Waals surface area contributed by atoms with Gasteiger partial charge in [0.15, 0.2) is 0 Å². The Labute approximate surface area is 185 Å². The van der Waals surface area contributed by atoms with Gasteiger partial charge in [-0.15, -0.1) is 0 Å². The third-order valence-electron chi connectivity index (χ3n) is 4.96. The lowest BCUT2D eigenvalue weighted by molar-refractivity contribution is 0.358. The van der Waals surface area contributed by atoms with Crippen molar-refractivity contribution in [1.29, 1.82) is 0 Å². The van der Waals surface area contributed by atoms with Gasteiger partial charge in [0.25, 0.3) is 5.78 Å². The topological polar surface area (TPSA) is 58.3 Å². The zero-order chi connectivity index (χ0) is 22.9. The van der Waals surface area contributed by atoms with Crippen molar-refractivity contribution in [1.82, 2.24) is 24.5 Å². The second-order valence-corrected chi connectivity index (χ2v) is 9.04. The van der Waals surface area contributed by atoms with E-state index in [1.54, 1.807) is 0 Å². The average Bonchev–Trinajstić information content (AvgIpc) is 3.10. The van der Waals surface area contributed by atoms with Crippen LogP contribution in [0.4, 0.5) is 14.6 Å². The van der Waals surface area contributed by atoms with Gasteiger partial charge in [0.05, 0.1) is 17.7 Å². The molecule has 6 nitrogen and oxygen atoms in total. The summed E-state index contributed by atoms with van der Waals surface area (Å²) in [6.07, 6.45) is 1.31. The number of aromatic nitrogens is 4. The number of hydrogen-bond acceptors (Lipinski definition) is 5. The Hall–Kier alpha value is -2.76. The standard InChI is InChI=1S/C22H25ClF2N6/c1-13(22(2,3)4)28-20-18(19(23)29-21-26-12-27-31(20)21)17-15(24)10-14(11-16(17)25)8-7-9-30(5)6/h10-13,28H,9H2,1-6H3. The van der Waals surface area contributed by atoms with Gasteiger partial charge in [-0.05, 0) is 38.6 Å². The van der Waals surface area contributed by atoms with Crippen molar-refractivity contribution in [2.75, 3.05) is 26.0 Å². The van der Waals surface area contributed by atoms with Crippen molar-refractivity contribution in [3.05, 3.63) is 40.8 Å². The molecular formula is C22H25ClF2N6. The largest absolute Gasteiger partial charge is 0.366 e. The fourth-order valence-corrected chi connectivity index (χ4v) is 3.04. The Bertz CT molecular complexity index is 1150. The van der Waals surface area contributed by atoms with E-state index >= 15 is 8.78 Å². The predicted octanol–water partition coefficient (Wildman–Crippen LogP) is 4.48. The van der Waals surface area contributed by atoms with Crippen LogP contribution in [0, 0.1) is 28.9 Å². The monoisotopic (exact) mass is 446 g/mol. The van der Waals surface area contributed by atoms with Crippen LogP contribution in [0.25, 0.3) is 16.9 Å². The zero-order valence-electron chi connectivity index (χ0n) is 18.4. The van der Waals surface area contributed by atoms with Crippen LogP contribution in [0.15, 0.2) is 18.5 Å². The summed E-state index contributed by atoms with van der Waals surface area (Å²) in [6, 6.07) is 2.30. The molecule has 2 heterocycles. The van der Waals surface area contributed by atoms with E-state index in [1.807, 2.05) is 46.7 Å². The maximum atomic E-state index is 15.2. The molecule has 1 N–H and O–H groups in total. The first-order valence-corrected chi connectivity index (χ1v) is 10.2. The molecule has 3 aromatic rings. The zero-order valence-corrected chi connectivity index (χ0v) is 19.1. The normalized spacial score (nSPS) is 12.7. The highest BCUT2D eigenvalue weighted by Crippen LogP contribution is 2.39. The third-order valence-corrected chi connectivity index (χ3v) is 5.23. The summed E-state index contributed by atoms with van der Waals surface area (Å²) in [4.78, 5) is 10.1. The van der Waals surface area contributed by atoms with Gasteiger partial charge in [-0.1, -0.05) is 44.2 Å². The summed E-state index contributed by atoms with van der Waals surface area (Å²) >= 11 is 6.40. The van der Waals surface area contributed by atoms with E-state index in [0.29, 0.717) is 12.4 Å². The molecule has 164 valence electrons. The SMILES string of the molecule is CC(Nc1c(-c2c(F)cc(C#CCN(C)C)cc2F)c(Cl)nc2ncnn12)C(C)(C)C. The second-order valence-electron chi connectivity index (χ2n) is 8.68. The molecule has 0 saturated heterocycles. The van der Waals surface area contributed by atoms with Crippen LogP contribution in [0.5, 0.6) is 0 Å². The van der Waals surface area contributed by atoms with E-state index in [9.17, 15) is 0 Å². The molecule has 2 aromatic heterocycles. The van der Waals surface area contributed by atoms with Crippen LogP contribution >= 0.6 is 11.6 Å². The first-order chi connectivity index (χ1) is 14.5. The summed E-state index contributed by atoms with van der Waals surface area (Å²) < 4.78 is 31.7. The first kappa shape index (κ1) is 22.9. The third kappa shape index (κ3) is 4.94. The minimum absolute atomic E-state index is 0.0756. The van der Waals surface area contributed by atoms with E-state index in [0.717, 1.165) is 0 Å². The van der Waals surface area contributed by atoms with Gasteiger partial charge in [-0.3, -0.25) is 4.90 Å². The molecule has 9 heteroatoms. The molecule has 0 radical (unpaired) electrons. The average molecular weight is 447 g/mol. The molecule has 0 aliphatic rings. The van der Waals surface area contributed by atoms with Crippen molar-refractivity contribution >= 4 is 23.2 Å². The van der Waals surface area contributed by atoms with E-state index in [4.69, 9.17) is 11.6 Å². The summed E-state index contributed by atoms with van der Waals surface area (Å²) in [5, 5.41) is 7.39. The summed E-state index contributed by atoms with van der Waals surface area (Å²) in [7, 11) is 3.72. The second kappa shape index (κ2) is 8.77. The van der Waals surface area contributed by atoms with Crippen molar-refractivity contribution in [3.8, 4) is 23.0 Å². The van der Waals surface area contributed by atoms with Crippen LogP contribution in [0.3, 0.4) is 0 Å². The number of nitrogens with one attached hydrogen (secondary N) is 1. The number of halogens is 3. The number of hydrogen-bond donors (Lipinski definition) is 1. The van der Waals surface area contributed by atoms with E-state index in [-0.39, 0.29) is 39.1 Å². The van der Waals surface area contributed by atoms with Crippen LogP contribution in [0.1, 0.15) is 33.3 Å². The highest BCUT2D eigenvalue weighted by Gasteiger charge is 2.27. The predicted molar refractivity (Wildman–Crippen MR) is 119 cm³/mol. The fourth-order valence-electron chi connectivity index (χ4n) is 2.78. The minimum atomic E-state index is -0.788. The molecular weight excluding hydrogens is 422 g/mol. The molecule has 1 unspecified atom stereocenters. The van der Waals surface area contributed by atoms with Crippen molar-refractivity contribution in [3.63, 3.8) is 0 Å². The van der Waals surface area contributed by atoms with Gasteiger partial charge in [0.2, 0.25) is 0 Å². The first-order valence-electron chi connectivity index (χ1n) is 9.77. The highest BCUT2D eigenvalue weighted by molar-refractivity contribution is 6.33. The van der Waals surface area contributed by atoms with Crippen LogP contribution in [-0.4, -0.2) is 51.2 Å². The fraction of sp³-hybridized carbons (Fsp3) is 0.409. The Morgan fingerprint density at radius 3 is 2.42 bits per heavy atom. The summed E-state index contributed by atoms with van der Waals surface area (Å²) in [5.74, 6) is 4.62. The van der Waals surface area contributed by atoms with E-state index in [1.165, 1.54) is 23.0 Å². The molecule has 0 fully saturated rings. The molecule has 0 spiro atoms. The molecule has 0 amide bonds. The maximum absolute atomic E-state index is 15.2. The molecule has 0 aliphatic heterocycles. The molecule has 1 atom stereocenters. The molecule has 0 bridgehead atoms. The lowest BCUT2D eigenvalue weighted by Gasteiger charge is -2.30. The van der Waals surface area contributed by atoms with E-state index < -0.39 is 11.6 Å². The summed E-state index contributed by atoms with van der Waals surface area (Å²) in [5.41, 5.74) is -0.123. The summed E-state index contributed by atoms with van der Waals surface area (Å²) in [6.45, 7) is 8.59. The van der Waals surface area contributed by atoms with Crippen molar-refractivity contribution in [2.24, 2.45) is 5.41 Å². The smallest absolute Gasteiger partial charge is 0.255 e. The van der Waals surface area contributed by atoms with Crippen LogP contribution < -0.4 is 5.32 Å². The number of anilines is 1. The van der Waals surface area contributed by atoms with E-state index in [2.05, 4.69) is 32.2 Å². The highest BCUT2D eigenvalue weighted by atomic mass is 35.5. The quantitative estimate of drug-likeness (QED) is 0.473. The molecule has 31 heavy (non-hydrogen) atoms.